The number of rotatable bonds is 3. The minimum Gasteiger partial charge on any atom is -0.393 e. The topological polar surface area (TPSA) is 40.5 Å². The normalized spacial score (nSPS) is 10.3. The summed E-state index contributed by atoms with van der Waals surface area (Å²) in [6.07, 6.45) is 3.89. The van der Waals surface area contributed by atoms with E-state index in [9.17, 15) is 0 Å². The highest BCUT2D eigenvalue weighted by atomic mass is 16.3. The third kappa shape index (κ3) is 10.3. The largest absolute Gasteiger partial charge is 0.393 e. The summed E-state index contributed by atoms with van der Waals surface area (Å²) in [5.41, 5.74) is 0. The Kier molecular flexibility index (Phi) is 9.27. The van der Waals surface area contributed by atoms with Gasteiger partial charge in [0.2, 0.25) is 0 Å². The lowest BCUT2D eigenvalue weighted by molar-refractivity contribution is 0.131. The molecule has 0 heterocycles. The van der Waals surface area contributed by atoms with Crippen LogP contribution >= 0.6 is 0 Å². The summed E-state index contributed by atoms with van der Waals surface area (Å²) in [4.78, 5) is 0. The van der Waals surface area contributed by atoms with Crippen LogP contribution in [0.5, 0.6) is 0 Å². The second-order valence-corrected chi connectivity index (χ2v) is 2.68. The third-order valence-corrected chi connectivity index (χ3v) is 1.31. The fraction of sp³-hybridized carbons (Fsp3) is 0.385. The van der Waals surface area contributed by atoms with Crippen LogP contribution in [0.1, 0.15) is 19.8 Å². The lowest BCUT2D eigenvalue weighted by Gasteiger charge is -1.94. The molecule has 0 saturated heterocycles. The summed E-state index contributed by atoms with van der Waals surface area (Å²) >= 11 is 0. The molecule has 0 radical (unpaired) electrons. The zero-order valence-corrected chi connectivity index (χ0v) is 8.75. The SMILES string of the molecule is CCCC#CC#CC#C/C=C/C(O)CO. The molecular weight excluding hydrogens is 188 g/mol. The van der Waals surface area contributed by atoms with Crippen molar-refractivity contribution in [3.8, 4) is 35.5 Å². The van der Waals surface area contributed by atoms with E-state index in [-0.39, 0.29) is 6.61 Å². The molecule has 0 fully saturated rings. The maximum atomic E-state index is 8.89. The third-order valence-electron chi connectivity index (χ3n) is 1.31. The molecule has 0 spiro atoms. The Bertz CT molecular complexity index is 361. The smallest absolute Gasteiger partial charge is 0.0960 e. The molecule has 2 N–H and O–H groups in total. The first-order valence-electron chi connectivity index (χ1n) is 4.75. The first-order valence-corrected chi connectivity index (χ1v) is 4.75. The van der Waals surface area contributed by atoms with E-state index in [1.165, 1.54) is 12.2 Å². The molecule has 1 unspecified atom stereocenters. The Balaban J connectivity index is 3.90. The number of aliphatic hydroxyl groups is 2. The first-order chi connectivity index (χ1) is 7.31. The molecule has 0 bridgehead atoms. The lowest BCUT2D eigenvalue weighted by Crippen LogP contribution is -2.06. The second kappa shape index (κ2) is 10.4. The Morgan fingerprint density at radius 3 is 2.60 bits per heavy atom. The number of allylic oxidation sites excluding steroid dienone is 1. The van der Waals surface area contributed by atoms with Gasteiger partial charge in [-0.15, -0.1) is 0 Å². The van der Waals surface area contributed by atoms with Crippen molar-refractivity contribution in [3.05, 3.63) is 12.2 Å². The fourth-order valence-electron chi connectivity index (χ4n) is 0.592. The van der Waals surface area contributed by atoms with Crippen LogP contribution in [0.25, 0.3) is 0 Å². The van der Waals surface area contributed by atoms with E-state index in [0.29, 0.717) is 0 Å². The Hall–Kier alpha value is -1.66. The molecule has 0 saturated carbocycles. The summed E-state index contributed by atoms with van der Waals surface area (Å²) in [5.74, 6) is 15.8. The van der Waals surface area contributed by atoms with E-state index in [1.54, 1.807) is 0 Å². The summed E-state index contributed by atoms with van der Waals surface area (Å²) < 4.78 is 0. The average molecular weight is 202 g/mol. The van der Waals surface area contributed by atoms with Gasteiger partial charge in [-0.05, 0) is 42.3 Å². The molecule has 0 aromatic carbocycles. The summed E-state index contributed by atoms with van der Waals surface area (Å²) in [5, 5.41) is 17.4. The standard InChI is InChI=1S/C13H14O2/c1-2-3-4-5-6-7-8-9-10-11-13(15)12-14/h10-11,13-15H,2-3,12H2,1H3/b11-10+. The molecule has 0 amide bonds. The monoisotopic (exact) mass is 202 g/mol. The molecular formula is C13H14O2. The lowest BCUT2D eigenvalue weighted by atomic mass is 10.3. The van der Waals surface area contributed by atoms with E-state index in [4.69, 9.17) is 10.2 Å². The highest BCUT2D eigenvalue weighted by Gasteiger charge is 1.90. The maximum absolute atomic E-state index is 8.89. The Labute approximate surface area is 91.0 Å². The quantitative estimate of drug-likeness (QED) is 0.662. The Morgan fingerprint density at radius 2 is 1.93 bits per heavy atom. The molecule has 1 atom stereocenters. The minimum atomic E-state index is -0.850. The maximum Gasteiger partial charge on any atom is 0.0960 e. The van der Waals surface area contributed by atoms with Gasteiger partial charge in [0.25, 0.3) is 0 Å². The molecule has 0 aromatic heterocycles. The summed E-state index contributed by atoms with van der Waals surface area (Å²) in [6.45, 7) is 1.76. The van der Waals surface area contributed by atoms with Crippen molar-refractivity contribution >= 4 is 0 Å². The van der Waals surface area contributed by atoms with E-state index in [1.807, 2.05) is 0 Å². The molecule has 78 valence electrons. The van der Waals surface area contributed by atoms with E-state index >= 15 is 0 Å². The number of hydrogen-bond acceptors (Lipinski definition) is 2. The van der Waals surface area contributed by atoms with Gasteiger partial charge in [-0.25, -0.2) is 0 Å². The molecule has 2 nitrogen and oxygen atoms in total. The van der Waals surface area contributed by atoms with Gasteiger partial charge in [0, 0.05) is 6.42 Å². The van der Waals surface area contributed by atoms with Crippen LogP contribution in [-0.4, -0.2) is 22.9 Å². The summed E-state index contributed by atoms with van der Waals surface area (Å²) in [6, 6.07) is 0. The zero-order valence-electron chi connectivity index (χ0n) is 8.75. The van der Waals surface area contributed by atoms with Gasteiger partial charge in [-0.2, -0.15) is 0 Å². The van der Waals surface area contributed by atoms with Gasteiger partial charge in [0.05, 0.1) is 12.7 Å². The van der Waals surface area contributed by atoms with Crippen LogP contribution in [0.2, 0.25) is 0 Å². The van der Waals surface area contributed by atoms with E-state index in [2.05, 4.69) is 42.4 Å². The van der Waals surface area contributed by atoms with Gasteiger partial charge in [-0.3, -0.25) is 0 Å². The second-order valence-electron chi connectivity index (χ2n) is 2.68. The van der Waals surface area contributed by atoms with E-state index in [0.717, 1.165) is 12.8 Å². The molecule has 0 aliphatic heterocycles. The van der Waals surface area contributed by atoms with Crippen LogP contribution in [0.4, 0.5) is 0 Å². The Morgan fingerprint density at radius 1 is 1.20 bits per heavy atom. The number of unbranched alkanes of at least 4 members (excludes halogenated alkanes) is 1. The average Bonchev–Trinajstić information content (AvgIpc) is 2.26. The highest BCUT2D eigenvalue weighted by Crippen LogP contribution is 1.81. The highest BCUT2D eigenvalue weighted by molar-refractivity contribution is 5.37. The molecule has 2 heteroatoms. The molecule has 0 aliphatic rings. The molecule has 0 aromatic rings. The van der Waals surface area contributed by atoms with Crippen LogP contribution in [0, 0.1) is 35.5 Å². The predicted octanol–water partition coefficient (Wildman–Crippen LogP) is 0.706. The van der Waals surface area contributed by atoms with Crippen molar-refractivity contribution < 1.29 is 10.2 Å². The molecule has 0 aliphatic carbocycles. The fourth-order valence-corrected chi connectivity index (χ4v) is 0.592. The summed E-state index contributed by atoms with van der Waals surface area (Å²) in [7, 11) is 0. The zero-order chi connectivity index (χ0) is 11.4. The van der Waals surface area contributed by atoms with Crippen LogP contribution in [0.15, 0.2) is 12.2 Å². The van der Waals surface area contributed by atoms with Crippen LogP contribution < -0.4 is 0 Å². The van der Waals surface area contributed by atoms with Gasteiger partial charge < -0.3 is 10.2 Å². The van der Waals surface area contributed by atoms with Crippen LogP contribution in [-0.2, 0) is 0 Å². The van der Waals surface area contributed by atoms with Crippen molar-refractivity contribution in [1.82, 2.24) is 0 Å². The van der Waals surface area contributed by atoms with E-state index < -0.39 is 6.10 Å². The van der Waals surface area contributed by atoms with Crippen molar-refractivity contribution in [2.45, 2.75) is 25.9 Å². The van der Waals surface area contributed by atoms with Crippen molar-refractivity contribution in [2.75, 3.05) is 6.61 Å². The van der Waals surface area contributed by atoms with Gasteiger partial charge >= 0.3 is 0 Å². The first kappa shape index (κ1) is 13.3. The minimum absolute atomic E-state index is 0.299. The van der Waals surface area contributed by atoms with Crippen molar-refractivity contribution in [3.63, 3.8) is 0 Å². The van der Waals surface area contributed by atoms with Crippen molar-refractivity contribution in [2.24, 2.45) is 0 Å². The van der Waals surface area contributed by atoms with Gasteiger partial charge in [-0.1, -0.05) is 18.8 Å². The predicted molar refractivity (Wildman–Crippen MR) is 60.5 cm³/mol. The van der Waals surface area contributed by atoms with Gasteiger partial charge in [0.15, 0.2) is 0 Å². The number of aliphatic hydroxyl groups excluding tert-OH is 2. The van der Waals surface area contributed by atoms with Crippen molar-refractivity contribution in [1.29, 1.82) is 0 Å². The number of hydrogen-bond donors (Lipinski definition) is 2. The molecule has 15 heavy (non-hydrogen) atoms. The van der Waals surface area contributed by atoms with Gasteiger partial charge in [0.1, 0.15) is 0 Å². The van der Waals surface area contributed by atoms with Crippen LogP contribution in [0.3, 0.4) is 0 Å². The molecule has 0 rings (SSSR count).